The van der Waals surface area contributed by atoms with E-state index in [-0.39, 0.29) is 56.8 Å². The number of sulfonamides is 1. The van der Waals surface area contributed by atoms with Gasteiger partial charge in [0, 0.05) is 11.8 Å². The van der Waals surface area contributed by atoms with Crippen molar-refractivity contribution < 1.29 is 32.6 Å². The summed E-state index contributed by atoms with van der Waals surface area (Å²) in [4.78, 5) is 38.3. The van der Waals surface area contributed by atoms with Crippen LogP contribution in [0.5, 0.6) is 0 Å². The van der Waals surface area contributed by atoms with Gasteiger partial charge >= 0.3 is 11.9 Å². The monoisotopic (exact) mass is 697 g/mol. The summed E-state index contributed by atoms with van der Waals surface area (Å²) in [6.07, 6.45) is 11.4. The maximum absolute atomic E-state index is 13.5. The number of ether oxygens (including phenoxy) is 1. The van der Waals surface area contributed by atoms with Crippen molar-refractivity contribution in [2.75, 3.05) is 0 Å². The Morgan fingerprint density at radius 3 is 2.20 bits per heavy atom. The minimum absolute atomic E-state index is 0.101. The van der Waals surface area contributed by atoms with E-state index in [1.807, 2.05) is 0 Å². The summed E-state index contributed by atoms with van der Waals surface area (Å²) in [5.74, 6) is 0.0620. The van der Waals surface area contributed by atoms with E-state index in [0.717, 1.165) is 70.6 Å². The fraction of sp³-hybridized carbons (Fsp3) is 0.775. The minimum Gasteiger partial charge on any atom is -0.481 e. The van der Waals surface area contributed by atoms with Crippen LogP contribution in [0.15, 0.2) is 35.2 Å². The van der Waals surface area contributed by atoms with Crippen molar-refractivity contribution in [1.82, 2.24) is 4.72 Å². The molecular formula is C40H59NO7S. The van der Waals surface area contributed by atoms with Crippen molar-refractivity contribution in [3.05, 3.63) is 30.3 Å². The number of amides is 1. The van der Waals surface area contributed by atoms with Crippen molar-refractivity contribution in [2.45, 2.75) is 143 Å². The normalized spacial score (nSPS) is 39.8. The lowest BCUT2D eigenvalue weighted by atomic mass is 9.32. The smallest absolute Gasteiger partial charge is 0.309 e. The van der Waals surface area contributed by atoms with E-state index in [1.165, 1.54) is 12.1 Å². The van der Waals surface area contributed by atoms with Crippen molar-refractivity contribution in [2.24, 2.45) is 56.2 Å². The number of rotatable bonds is 8. The van der Waals surface area contributed by atoms with Gasteiger partial charge in [-0.15, -0.1) is 0 Å². The van der Waals surface area contributed by atoms with Gasteiger partial charge in [-0.3, -0.25) is 14.4 Å². The Hall–Kier alpha value is -2.42. The number of esters is 1. The van der Waals surface area contributed by atoms with Gasteiger partial charge in [0.05, 0.1) is 16.7 Å². The lowest BCUT2D eigenvalue weighted by molar-refractivity contribution is -0.248. The van der Waals surface area contributed by atoms with Crippen molar-refractivity contribution in [1.29, 1.82) is 0 Å². The fourth-order valence-corrected chi connectivity index (χ4v) is 14.0. The Labute approximate surface area is 294 Å². The first-order valence-electron chi connectivity index (χ1n) is 18.8. The Morgan fingerprint density at radius 1 is 0.837 bits per heavy atom. The second-order valence-corrected chi connectivity index (χ2v) is 20.4. The fourth-order valence-electron chi connectivity index (χ4n) is 13.0. The quantitative estimate of drug-likeness (QED) is 0.263. The van der Waals surface area contributed by atoms with Crippen LogP contribution in [-0.2, 0) is 29.1 Å². The van der Waals surface area contributed by atoms with Gasteiger partial charge in [0.15, 0.2) is 0 Å². The molecule has 0 bridgehead atoms. The third kappa shape index (κ3) is 5.76. The number of carboxylic acid groups (broad SMARTS) is 1. The highest BCUT2D eigenvalue weighted by Gasteiger charge is 2.70. The molecule has 1 amide bonds. The summed E-state index contributed by atoms with van der Waals surface area (Å²) in [6.45, 7) is 15.3. The SMILES string of the molecule is CC(C)(CC(=O)O[C@H]1CC[C@@]2(C)C(CC[C@]3(C)C2CC[C@@H]2[C@H]4CCC[C@]4(CC(=O)NS(=O)(=O)c4ccccc4)CC[C@]23C)C1(C)C)C(=O)O. The molecule has 2 N–H and O–H groups in total. The second kappa shape index (κ2) is 12.1. The highest BCUT2D eigenvalue weighted by atomic mass is 32.2. The van der Waals surface area contributed by atoms with E-state index >= 15 is 0 Å². The van der Waals surface area contributed by atoms with Crippen LogP contribution >= 0.6 is 0 Å². The number of fused-ring (bicyclic) bond motifs is 7. The lowest BCUT2D eigenvalue weighted by Crippen LogP contribution is -2.66. The molecule has 5 aliphatic rings. The van der Waals surface area contributed by atoms with Crippen LogP contribution in [0.25, 0.3) is 0 Å². The molecule has 9 heteroatoms. The summed E-state index contributed by atoms with van der Waals surface area (Å²) >= 11 is 0. The molecule has 5 aliphatic carbocycles. The number of nitrogens with one attached hydrogen (secondary N) is 1. The van der Waals surface area contributed by atoms with E-state index in [2.05, 4.69) is 39.3 Å². The molecule has 1 aromatic rings. The summed E-state index contributed by atoms with van der Waals surface area (Å²) in [7, 11) is -3.90. The number of carbonyl (C=O) groups is 3. The standard InChI is InChI=1S/C40H59NO7S/c1-35(2,34(44)45)25-33(43)48-31-18-20-37(5)29(36(31,3)4)17-21-39(7)30(37)16-15-27-28-14-11-19-40(28,23-22-38(27,39)6)24-32(42)41-49(46,47)26-12-9-8-10-13-26/h8-10,12-13,27-31H,11,14-25H2,1-7H3,(H,41,42)(H,44,45)/t27-,28-,29?,30?,31+,37+,38-,39-,40-/m1/s1. The topological polar surface area (TPSA) is 127 Å². The van der Waals surface area contributed by atoms with Crippen molar-refractivity contribution in [3.63, 3.8) is 0 Å². The van der Waals surface area contributed by atoms with Crippen LogP contribution in [0.3, 0.4) is 0 Å². The average Bonchev–Trinajstić information content (AvgIpc) is 3.42. The van der Waals surface area contributed by atoms with Crippen LogP contribution in [-0.4, -0.2) is 37.5 Å². The van der Waals surface area contributed by atoms with Gasteiger partial charge in [0.1, 0.15) is 6.10 Å². The van der Waals surface area contributed by atoms with Crippen LogP contribution < -0.4 is 4.72 Å². The molecule has 5 fully saturated rings. The third-order valence-electron chi connectivity index (χ3n) is 15.7. The summed E-state index contributed by atoms with van der Waals surface area (Å²) in [5.41, 5.74) is -1.17. The molecule has 6 rings (SSSR count). The molecule has 5 saturated carbocycles. The average molecular weight is 698 g/mol. The van der Waals surface area contributed by atoms with E-state index in [4.69, 9.17) is 4.74 Å². The highest BCUT2D eigenvalue weighted by Crippen LogP contribution is 2.77. The molecule has 0 saturated heterocycles. The number of hydrogen-bond acceptors (Lipinski definition) is 6. The Kier molecular flexibility index (Phi) is 8.97. The van der Waals surface area contributed by atoms with Gasteiger partial charge in [0.25, 0.3) is 10.0 Å². The lowest BCUT2D eigenvalue weighted by Gasteiger charge is -2.72. The van der Waals surface area contributed by atoms with Gasteiger partial charge < -0.3 is 9.84 Å². The summed E-state index contributed by atoms with van der Waals surface area (Å²) in [5, 5.41) is 9.56. The molecule has 1 aromatic carbocycles. The van der Waals surface area contributed by atoms with Crippen LogP contribution in [0.4, 0.5) is 0 Å². The first-order chi connectivity index (χ1) is 22.7. The maximum atomic E-state index is 13.5. The van der Waals surface area contributed by atoms with Gasteiger partial charge in [-0.05, 0) is 136 Å². The molecule has 272 valence electrons. The number of carbonyl (C=O) groups excluding carboxylic acids is 2. The molecule has 0 aromatic heterocycles. The number of hydrogen-bond donors (Lipinski definition) is 2. The second-order valence-electron chi connectivity index (χ2n) is 18.8. The molecule has 2 unspecified atom stereocenters. The Balaban J connectivity index is 1.19. The molecule has 49 heavy (non-hydrogen) atoms. The highest BCUT2D eigenvalue weighted by molar-refractivity contribution is 7.90. The van der Waals surface area contributed by atoms with E-state index in [0.29, 0.717) is 23.7 Å². The van der Waals surface area contributed by atoms with Gasteiger partial charge in [-0.25, -0.2) is 13.1 Å². The van der Waals surface area contributed by atoms with Crippen molar-refractivity contribution in [3.8, 4) is 0 Å². The summed E-state index contributed by atoms with van der Waals surface area (Å²) < 4.78 is 34.6. The zero-order valence-corrected chi connectivity index (χ0v) is 31.6. The number of aliphatic carboxylic acids is 1. The predicted octanol–water partition coefficient (Wildman–Crippen LogP) is 8.15. The van der Waals surface area contributed by atoms with Gasteiger partial charge in [-0.2, -0.15) is 0 Å². The molecular weight excluding hydrogens is 639 g/mol. The van der Waals surface area contributed by atoms with Crippen molar-refractivity contribution >= 4 is 27.9 Å². The molecule has 0 spiro atoms. The largest absolute Gasteiger partial charge is 0.481 e. The summed E-state index contributed by atoms with van der Waals surface area (Å²) in [6, 6.07) is 8.15. The first kappa shape index (κ1) is 36.4. The third-order valence-corrected chi connectivity index (χ3v) is 17.1. The molecule has 0 heterocycles. The molecule has 9 atom stereocenters. The zero-order chi connectivity index (χ0) is 35.8. The first-order valence-corrected chi connectivity index (χ1v) is 20.2. The van der Waals surface area contributed by atoms with Crippen LogP contribution in [0, 0.1) is 56.2 Å². The van der Waals surface area contributed by atoms with E-state index < -0.39 is 27.4 Å². The number of benzene rings is 1. The minimum atomic E-state index is -3.90. The van der Waals surface area contributed by atoms with Crippen LogP contribution in [0.1, 0.15) is 132 Å². The predicted molar refractivity (Wildman–Crippen MR) is 188 cm³/mol. The van der Waals surface area contributed by atoms with Gasteiger partial charge in [-0.1, -0.05) is 59.2 Å². The number of carboxylic acids is 1. The van der Waals surface area contributed by atoms with Crippen LogP contribution in [0.2, 0.25) is 0 Å². The maximum Gasteiger partial charge on any atom is 0.309 e. The molecule has 8 nitrogen and oxygen atoms in total. The molecule has 0 aliphatic heterocycles. The Morgan fingerprint density at radius 2 is 1.53 bits per heavy atom. The Bertz CT molecular complexity index is 1590. The van der Waals surface area contributed by atoms with E-state index in [1.54, 1.807) is 32.0 Å². The van der Waals surface area contributed by atoms with E-state index in [9.17, 15) is 27.9 Å². The zero-order valence-electron chi connectivity index (χ0n) is 30.8. The molecule has 0 radical (unpaired) electrons. The van der Waals surface area contributed by atoms with Gasteiger partial charge in [0.2, 0.25) is 5.91 Å².